The number of halogens is 2. The van der Waals surface area contributed by atoms with Gasteiger partial charge in [-0.05, 0) is 80.4 Å². The van der Waals surface area contributed by atoms with Crippen molar-refractivity contribution in [2.75, 3.05) is 44.6 Å². The van der Waals surface area contributed by atoms with Gasteiger partial charge < -0.3 is 20.4 Å². The average Bonchev–Trinajstić information content (AvgIpc) is 3.13. The SMILES string of the molecule is N#Cc1ccc(NC(=O)N2CCCN(CCCCCNC(=O)/C=C/c3ccc(Cl)c(Cl)c3)CC2)cc1. The van der Waals surface area contributed by atoms with Gasteiger partial charge in [0, 0.05) is 37.9 Å². The number of urea groups is 1. The van der Waals surface area contributed by atoms with Gasteiger partial charge in [0.25, 0.3) is 0 Å². The molecule has 0 atom stereocenters. The first kappa shape index (κ1) is 27.5. The topological polar surface area (TPSA) is 88.5 Å². The van der Waals surface area contributed by atoms with Crippen molar-refractivity contribution in [2.24, 2.45) is 0 Å². The third-order valence-corrected chi connectivity index (χ3v) is 6.70. The van der Waals surface area contributed by atoms with E-state index in [1.165, 1.54) is 6.08 Å². The van der Waals surface area contributed by atoms with E-state index < -0.39 is 0 Å². The number of anilines is 1. The fourth-order valence-electron chi connectivity index (χ4n) is 3.92. The molecule has 0 aromatic heterocycles. The molecule has 1 saturated heterocycles. The summed E-state index contributed by atoms with van der Waals surface area (Å²) in [5.74, 6) is -0.132. The van der Waals surface area contributed by atoms with Crippen LogP contribution in [0.15, 0.2) is 48.5 Å². The van der Waals surface area contributed by atoms with Crippen LogP contribution in [0.4, 0.5) is 10.5 Å². The number of nitriles is 1. The number of nitrogens with zero attached hydrogens (tertiary/aromatic N) is 3. The van der Waals surface area contributed by atoms with Crippen molar-refractivity contribution in [2.45, 2.75) is 25.7 Å². The lowest BCUT2D eigenvalue weighted by Gasteiger charge is -2.22. The van der Waals surface area contributed by atoms with Gasteiger partial charge >= 0.3 is 6.03 Å². The highest BCUT2D eigenvalue weighted by Crippen LogP contribution is 2.23. The molecular formula is C27H31Cl2N5O2. The first-order chi connectivity index (χ1) is 17.4. The smallest absolute Gasteiger partial charge is 0.321 e. The number of unbranched alkanes of at least 4 members (excludes halogenated alkanes) is 2. The van der Waals surface area contributed by atoms with Crippen molar-refractivity contribution in [1.82, 2.24) is 15.1 Å². The van der Waals surface area contributed by atoms with Gasteiger partial charge in [0.15, 0.2) is 0 Å². The van der Waals surface area contributed by atoms with Crippen LogP contribution in [0.2, 0.25) is 10.0 Å². The lowest BCUT2D eigenvalue weighted by atomic mass is 10.2. The molecule has 0 spiro atoms. The van der Waals surface area contributed by atoms with Crippen LogP contribution in [0.5, 0.6) is 0 Å². The molecule has 1 aliphatic rings. The number of carbonyl (C=O) groups excluding carboxylic acids is 2. The molecule has 1 aliphatic heterocycles. The maximum absolute atomic E-state index is 12.6. The normalized spacial score (nSPS) is 14.3. The van der Waals surface area contributed by atoms with Gasteiger partial charge in [-0.1, -0.05) is 35.7 Å². The second kappa shape index (κ2) is 14.5. The zero-order chi connectivity index (χ0) is 25.8. The number of hydrogen-bond acceptors (Lipinski definition) is 4. The van der Waals surface area contributed by atoms with Gasteiger partial charge in [-0.2, -0.15) is 5.26 Å². The van der Waals surface area contributed by atoms with Crippen molar-refractivity contribution >= 4 is 46.9 Å². The average molecular weight is 528 g/mol. The molecule has 0 saturated carbocycles. The van der Waals surface area contributed by atoms with Gasteiger partial charge in [-0.25, -0.2) is 4.79 Å². The second-order valence-corrected chi connectivity index (χ2v) is 9.47. The van der Waals surface area contributed by atoms with Crippen molar-refractivity contribution in [1.29, 1.82) is 5.26 Å². The molecule has 190 valence electrons. The first-order valence-corrected chi connectivity index (χ1v) is 12.9. The van der Waals surface area contributed by atoms with Crippen LogP contribution < -0.4 is 10.6 Å². The number of hydrogen-bond donors (Lipinski definition) is 2. The zero-order valence-electron chi connectivity index (χ0n) is 20.2. The summed E-state index contributed by atoms with van der Waals surface area (Å²) in [7, 11) is 0. The van der Waals surface area contributed by atoms with Gasteiger partial charge in [0.05, 0.1) is 21.7 Å². The van der Waals surface area contributed by atoms with E-state index in [9.17, 15) is 9.59 Å². The molecule has 2 aromatic carbocycles. The largest absolute Gasteiger partial charge is 0.353 e. The van der Waals surface area contributed by atoms with E-state index >= 15 is 0 Å². The molecule has 3 rings (SSSR count). The summed E-state index contributed by atoms with van der Waals surface area (Å²) < 4.78 is 0. The molecule has 0 aliphatic carbocycles. The minimum atomic E-state index is -0.132. The van der Waals surface area contributed by atoms with E-state index in [-0.39, 0.29) is 11.9 Å². The van der Waals surface area contributed by atoms with Gasteiger partial charge in [0.2, 0.25) is 5.91 Å². The Labute approximate surface area is 222 Å². The molecule has 1 fully saturated rings. The summed E-state index contributed by atoms with van der Waals surface area (Å²) >= 11 is 11.9. The predicted octanol–water partition coefficient (Wildman–Crippen LogP) is 5.40. The molecule has 1 heterocycles. The minimum absolute atomic E-state index is 0.106. The summed E-state index contributed by atoms with van der Waals surface area (Å²) in [5.41, 5.74) is 2.08. The lowest BCUT2D eigenvalue weighted by Crippen LogP contribution is -2.38. The summed E-state index contributed by atoms with van der Waals surface area (Å²) in [4.78, 5) is 28.8. The Bertz CT molecular complexity index is 1100. The Morgan fingerprint density at radius 1 is 0.972 bits per heavy atom. The minimum Gasteiger partial charge on any atom is -0.353 e. The highest BCUT2D eigenvalue weighted by molar-refractivity contribution is 6.42. The van der Waals surface area contributed by atoms with Crippen LogP contribution in [0.3, 0.4) is 0 Å². The highest BCUT2D eigenvalue weighted by Gasteiger charge is 2.19. The highest BCUT2D eigenvalue weighted by atomic mass is 35.5. The van der Waals surface area contributed by atoms with Gasteiger partial charge in [-0.15, -0.1) is 0 Å². The van der Waals surface area contributed by atoms with Crippen molar-refractivity contribution in [3.05, 3.63) is 69.7 Å². The van der Waals surface area contributed by atoms with Crippen molar-refractivity contribution in [3.63, 3.8) is 0 Å². The Hall–Kier alpha value is -3.05. The quantitative estimate of drug-likeness (QED) is 0.337. The molecule has 0 radical (unpaired) electrons. The van der Waals surface area contributed by atoms with Crippen LogP contribution in [-0.2, 0) is 4.79 Å². The second-order valence-electron chi connectivity index (χ2n) is 8.66. The predicted molar refractivity (Wildman–Crippen MR) is 145 cm³/mol. The maximum atomic E-state index is 12.6. The number of nitrogens with one attached hydrogen (secondary N) is 2. The molecule has 2 N–H and O–H groups in total. The molecule has 2 aromatic rings. The van der Waals surface area contributed by atoms with E-state index in [1.807, 2.05) is 11.0 Å². The number of rotatable bonds is 9. The summed E-state index contributed by atoms with van der Waals surface area (Å²) in [6.45, 7) is 4.84. The third kappa shape index (κ3) is 9.19. The summed E-state index contributed by atoms with van der Waals surface area (Å²) in [5, 5.41) is 15.7. The molecule has 0 unspecified atom stereocenters. The van der Waals surface area contributed by atoms with Gasteiger partial charge in [-0.3, -0.25) is 4.79 Å². The van der Waals surface area contributed by atoms with Gasteiger partial charge in [0.1, 0.15) is 0 Å². The van der Waals surface area contributed by atoms with Crippen LogP contribution in [0, 0.1) is 11.3 Å². The monoisotopic (exact) mass is 527 g/mol. The third-order valence-electron chi connectivity index (χ3n) is 5.96. The fourth-order valence-corrected chi connectivity index (χ4v) is 4.23. The van der Waals surface area contributed by atoms with E-state index in [1.54, 1.807) is 42.5 Å². The van der Waals surface area contributed by atoms with Crippen LogP contribution in [-0.4, -0.2) is 61.0 Å². The summed E-state index contributed by atoms with van der Waals surface area (Å²) in [6, 6.07) is 14.1. The number of carbonyl (C=O) groups is 2. The standard InChI is InChI=1S/C27H31Cl2N5O2/c28-24-11-7-21(19-25(24)29)8-12-26(35)31-13-2-1-3-14-33-15-4-16-34(18-17-33)27(36)32-23-9-5-22(20-30)6-10-23/h5-12,19H,1-4,13-18H2,(H,31,35)(H,32,36)/b12-8+. The Morgan fingerprint density at radius 2 is 1.78 bits per heavy atom. The van der Waals surface area contributed by atoms with E-state index in [0.717, 1.165) is 57.4 Å². The van der Waals surface area contributed by atoms with E-state index in [4.69, 9.17) is 28.5 Å². The fraction of sp³-hybridized carbons (Fsp3) is 0.370. The molecule has 36 heavy (non-hydrogen) atoms. The number of amides is 3. The summed E-state index contributed by atoms with van der Waals surface area (Å²) in [6.07, 6.45) is 7.13. The molecule has 0 bridgehead atoms. The van der Waals surface area contributed by atoms with Crippen molar-refractivity contribution in [3.8, 4) is 6.07 Å². The molecule has 7 nitrogen and oxygen atoms in total. The molecular weight excluding hydrogens is 497 g/mol. The maximum Gasteiger partial charge on any atom is 0.321 e. The van der Waals surface area contributed by atoms with E-state index in [0.29, 0.717) is 34.4 Å². The van der Waals surface area contributed by atoms with Crippen LogP contribution in [0.1, 0.15) is 36.8 Å². The zero-order valence-corrected chi connectivity index (χ0v) is 21.7. The number of benzene rings is 2. The van der Waals surface area contributed by atoms with Crippen LogP contribution >= 0.6 is 23.2 Å². The Kier molecular flexibility index (Phi) is 11.1. The first-order valence-electron chi connectivity index (χ1n) is 12.1. The van der Waals surface area contributed by atoms with E-state index in [2.05, 4.69) is 21.6 Å². The van der Waals surface area contributed by atoms with Crippen LogP contribution in [0.25, 0.3) is 6.08 Å². The Morgan fingerprint density at radius 3 is 2.53 bits per heavy atom. The lowest BCUT2D eigenvalue weighted by molar-refractivity contribution is -0.116. The molecule has 9 heteroatoms. The molecule has 3 amide bonds. The Balaban J connectivity index is 1.28. The van der Waals surface area contributed by atoms with Crippen molar-refractivity contribution < 1.29 is 9.59 Å².